The highest BCUT2D eigenvalue weighted by Crippen LogP contribution is 2.27. The monoisotopic (exact) mass is 349 g/mol. The lowest BCUT2D eigenvalue weighted by molar-refractivity contribution is 0.126. The minimum Gasteiger partial charge on any atom is -0.388 e. The third kappa shape index (κ3) is 4.41. The fourth-order valence-electron chi connectivity index (χ4n) is 3.45. The number of carbonyl (C=O) groups is 1. The number of hydrogen-bond donors (Lipinski definition) is 2. The zero-order valence-electron chi connectivity index (χ0n) is 14.6. The van der Waals surface area contributed by atoms with Crippen LogP contribution in [0.15, 0.2) is 54.6 Å². The molecular weight excluding hydrogens is 326 g/mol. The molecule has 2 N–H and O–H groups in total. The molecule has 1 fully saturated rings. The van der Waals surface area contributed by atoms with E-state index >= 15 is 0 Å². The summed E-state index contributed by atoms with van der Waals surface area (Å²) in [5, 5.41) is 22.3. The number of nitriles is 1. The number of urea groups is 1. The Hall–Kier alpha value is -2.84. The summed E-state index contributed by atoms with van der Waals surface area (Å²) in [6, 6.07) is 18.8. The molecule has 1 heterocycles. The van der Waals surface area contributed by atoms with Crippen molar-refractivity contribution in [3.8, 4) is 6.07 Å². The molecule has 2 atom stereocenters. The molecule has 0 saturated carbocycles. The summed E-state index contributed by atoms with van der Waals surface area (Å²) in [7, 11) is 0. The van der Waals surface area contributed by atoms with Crippen molar-refractivity contribution in [2.75, 3.05) is 6.54 Å². The average molecular weight is 349 g/mol. The minimum absolute atomic E-state index is 0.0376. The maximum atomic E-state index is 12.6. The van der Waals surface area contributed by atoms with Crippen molar-refractivity contribution in [3.05, 3.63) is 71.3 Å². The van der Waals surface area contributed by atoms with Gasteiger partial charge in [-0.25, -0.2) is 4.79 Å². The number of hydrogen-bond acceptors (Lipinski definition) is 3. The van der Waals surface area contributed by atoms with Gasteiger partial charge in [0.25, 0.3) is 0 Å². The van der Waals surface area contributed by atoms with E-state index in [1.165, 1.54) is 0 Å². The molecule has 134 valence electrons. The van der Waals surface area contributed by atoms with Gasteiger partial charge >= 0.3 is 6.03 Å². The van der Waals surface area contributed by atoms with Crippen LogP contribution < -0.4 is 5.32 Å². The smallest absolute Gasteiger partial charge is 0.317 e. The molecule has 2 unspecified atom stereocenters. The maximum absolute atomic E-state index is 12.6. The minimum atomic E-state index is -0.568. The van der Waals surface area contributed by atoms with Gasteiger partial charge in [0.15, 0.2) is 0 Å². The molecule has 0 radical (unpaired) electrons. The second-order valence-corrected chi connectivity index (χ2v) is 6.62. The number of carbonyl (C=O) groups excluding carboxylic acids is 1. The van der Waals surface area contributed by atoms with Crippen molar-refractivity contribution in [2.24, 2.45) is 0 Å². The standard InChI is InChI=1S/C21H23N3O2/c22-14-16-6-4-7-17(12-16)15-23-21(26)24-11-5-10-19(24)13-20(25)18-8-2-1-3-9-18/h1-4,6-9,12,19-20,25H,5,10-11,13,15H2,(H,23,26). The van der Waals surface area contributed by atoms with E-state index < -0.39 is 6.10 Å². The highest BCUT2D eigenvalue weighted by Gasteiger charge is 2.30. The average Bonchev–Trinajstić information content (AvgIpc) is 3.15. The van der Waals surface area contributed by atoms with Gasteiger partial charge in [-0.05, 0) is 42.5 Å². The van der Waals surface area contributed by atoms with Crippen LogP contribution in [0.1, 0.15) is 42.1 Å². The van der Waals surface area contributed by atoms with Gasteiger partial charge in [0, 0.05) is 19.1 Å². The number of nitrogens with one attached hydrogen (secondary N) is 1. The number of aliphatic hydroxyl groups excluding tert-OH is 1. The van der Waals surface area contributed by atoms with Gasteiger partial charge in [-0.15, -0.1) is 0 Å². The van der Waals surface area contributed by atoms with Crippen molar-refractivity contribution in [2.45, 2.75) is 38.0 Å². The molecule has 1 aliphatic rings. The molecule has 0 spiro atoms. The summed E-state index contributed by atoms with van der Waals surface area (Å²) in [4.78, 5) is 14.4. The number of aliphatic hydroxyl groups is 1. The number of benzene rings is 2. The van der Waals surface area contributed by atoms with Crippen LogP contribution >= 0.6 is 0 Å². The molecule has 26 heavy (non-hydrogen) atoms. The Morgan fingerprint density at radius 3 is 2.85 bits per heavy atom. The highest BCUT2D eigenvalue weighted by molar-refractivity contribution is 5.74. The molecule has 1 saturated heterocycles. The van der Waals surface area contributed by atoms with Gasteiger partial charge in [0.05, 0.1) is 17.7 Å². The highest BCUT2D eigenvalue weighted by atomic mass is 16.3. The Bertz CT molecular complexity index is 785. The molecular formula is C21H23N3O2. The van der Waals surface area contributed by atoms with E-state index in [0.29, 0.717) is 25.1 Å². The van der Waals surface area contributed by atoms with Crippen LogP contribution in [0.2, 0.25) is 0 Å². The molecule has 2 amide bonds. The fraction of sp³-hybridized carbons (Fsp3) is 0.333. The molecule has 0 bridgehead atoms. The summed E-state index contributed by atoms with van der Waals surface area (Å²) in [6.45, 7) is 1.09. The maximum Gasteiger partial charge on any atom is 0.317 e. The predicted octanol–water partition coefficient (Wildman–Crippen LogP) is 3.36. The van der Waals surface area contributed by atoms with Crippen LogP contribution in [-0.2, 0) is 6.54 Å². The number of amides is 2. The first-order chi connectivity index (χ1) is 12.7. The molecule has 2 aromatic rings. The van der Waals surface area contributed by atoms with E-state index in [4.69, 9.17) is 5.26 Å². The first-order valence-electron chi connectivity index (χ1n) is 8.94. The topological polar surface area (TPSA) is 76.4 Å². The summed E-state index contributed by atoms with van der Waals surface area (Å²) < 4.78 is 0. The van der Waals surface area contributed by atoms with Crippen molar-refractivity contribution < 1.29 is 9.90 Å². The van der Waals surface area contributed by atoms with Crippen LogP contribution in [0.4, 0.5) is 4.79 Å². The Morgan fingerprint density at radius 1 is 1.27 bits per heavy atom. The molecule has 5 heteroatoms. The van der Waals surface area contributed by atoms with Gasteiger partial charge in [-0.2, -0.15) is 5.26 Å². The van der Waals surface area contributed by atoms with E-state index in [2.05, 4.69) is 11.4 Å². The molecule has 0 aromatic heterocycles. The van der Waals surface area contributed by atoms with E-state index in [0.717, 1.165) is 24.0 Å². The van der Waals surface area contributed by atoms with Crippen LogP contribution in [0.25, 0.3) is 0 Å². The zero-order valence-corrected chi connectivity index (χ0v) is 14.6. The van der Waals surface area contributed by atoms with E-state index in [1.54, 1.807) is 12.1 Å². The third-order valence-electron chi connectivity index (χ3n) is 4.82. The Labute approximate surface area is 153 Å². The van der Waals surface area contributed by atoms with E-state index in [9.17, 15) is 9.90 Å². The van der Waals surface area contributed by atoms with Crippen LogP contribution in [0.5, 0.6) is 0 Å². The largest absolute Gasteiger partial charge is 0.388 e. The first kappa shape index (κ1) is 18.0. The second kappa shape index (κ2) is 8.50. The quantitative estimate of drug-likeness (QED) is 0.869. The van der Waals surface area contributed by atoms with Crippen LogP contribution in [-0.4, -0.2) is 28.6 Å². The molecule has 0 aliphatic carbocycles. The summed E-state index contributed by atoms with van der Waals surface area (Å²) >= 11 is 0. The lowest BCUT2D eigenvalue weighted by Gasteiger charge is -2.27. The summed E-state index contributed by atoms with van der Waals surface area (Å²) in [6.07, 6.45) is 1.83. The van der Waals surface area contributed by atoms with Crippen molar-refractivity contribution in [1.82, 2.24) is 10.2 Å². The van der Waals surface area contributed by atoms with E-state index in [-0.39, 0.29) is 12.1 Å². The molecule has 2 aromatic carbocycles. The SMILES string of the molecule is N#Cc1cccc(CNC(=O)N2CCCC2CC(O)c2ccccc2)c1. The number of nitrogens with zero attached hydrogens (tertiary/aromatic N) is 2. The predicted molar refractivity (Wildman–Crippen MR) is 99.1 cm³/mol. The van der Waals surface area contributed by atoms with Crippen LogP contribution in [0.3, 0.4) is 0 Å². The Morgan fingerprint density at radius 2 is 2.08 bits per heavy atom. The van der Waals surface area contributed by atoms with Crippen molar-refractivity contribution >= 4 is 6.03 Å². The van der Waals surface area contributed by atoms with Gasteiger partial charge in [0.2, 0.25) is 0 Å². The number of likely N-dealkylation sites (tertiary alicyclic amines) is 1. The third-order valence-corrected chi connectivity index (χ3v) is 4.82. The Kier molecular flexibility index (Phi) is 5.88. The van der Waals surface area contributed by atoms with Crippen molar-refractivity contribution in [1.29, 1.82) is 5.26 Å². The lowest BCUT2D eigenvalue weighted by Crippen LogP contribution is -2.43. The van der Waals surface area contributed by atoms with Gasteiger partial charge in [0.1, 0.15) is 0 Å². The normalized spacial score (nSPS) is 17.5. The Balaban J connectivity index is 1.57. The fourth-order valence-corrected chi connectivity index (χ4v) is 3.45. The van der Waals surface area contributed by atoms with Gasteiger partial charge < -0.3 is 15.3 Å². The van der Waals surface area contributed by atoms with E-state index in [1.807, 2.05) is 47.4 Å². The van der Waals surface area contributed by atoms with Gasteiger partial charge in [-0.1, -0.05) is 42.5 Å². The second-order valence-electron chi connectivity index (χ2n) is 6.62. The number of rotatable bonds is 5. The van der Waals surface area contributed by atoms with Crippen LogP contribution in [0, 0.1) is 11.3 Å². The summed E-state index contributed by atoms with van der Waals surface area (Å²) in [5.41, 5.74) is 2.37. The molecule has 3 rings (SSSR count). The van der Waals surface area contributed by atoms with Gasteiger partial charge in [-0.3, -0.25) is 0 Å². The molecule has 5 nitrogen and oxygen atoms in total. The first-order valence-corrected chi connectivity index (χ1v) is 8.94. The van der Waals surface area contributed by atoms with Crippen molar-refractivity contribution in [3.63, 3.8) is 0 Å². The summed E-state index contributed by atoms with van der Waals surface area (Å²) in [5.74, 6) is 0. The lowest BCUT2D eigenvalue weighted by atomic mass is 10.0. The zero-order chi connectivity index (χ0) is 18.4. The molecule has 1 aliphatic heterocycles.